The Morgan fingerprint density at radius 2 is 2.00 bits per heavy atom. The van der Waals surface area contributed by atoms with Gasteiger partial charge in [0, 0.05) is 6.04 Å². The van der Waals surface area contributed by atoms with Gasteiger partial charge in [0.1, 0.15) is 0 Å². The molecule has 3 fully saturated rings. The van der Waals surface area contributed by atoms with Crippen molar-refractivity contribution in [2.45, 2.75) is 84.3 Å². The largest absolute Gasteiger partial charge is 0.393 e. The zero-order chi connectivity index (χ0) is 19.4. The lowest BCUT2D eigenvalue weighted by Gasteiger charge is -2.58. The van der Waals surface area contributed by atoms with E-state index >= 15 is 0 Å². The van der Waals surface area contributed by atoms with E-state index in [1.54, 1.807) is 5.57 Å². The summed E-state index contributed by atoms with van der Waals surface area (Å²) in [4.78, 5) is 11.7. The number of carbonyl (C=O) groups excluding carboxylic acids is 1. The van der Waals surface area contributed by atoms with Crippen molar-refractivity contribution in [2.75, 3.05) is 6.54 Å². The number of carbonyl (C=O) groups is 1. The predicted octanol–water partition coefficient (Wildman–Crippen LogP) is 3.81. The molecule has 4 rings (SSSR count). The topological polar surface area (TPSA) is 75.3 Å². The number of aliphatic hydroxyl groups excluding tert-OH is 1. The van der Waals surface area contributed by atoms with Crippen LogP contribution in [0.15, 0.2) is 11.6 Å². The Morgan fingerprint density at radius 3 is 2.68 bits per heavy atom. The molecule has 0 spiro atoms. The van der Waals surface area contributed by atoms with Crippen molar-refractivity contribution in [2.24, 2.45) is 40.2 Å². The Kier molecular flexibility index (Phi) is 6.26. The Morgan fingerprint density at radius 1 is 1.25 bits per heavy atom. The van der Waals surface area contributed by atoms with Crippen LogP contribution < -0.4 is 11.1 Å². The van der Waals surface area contributed by atoms with Crippen molar-refractivity contribution < 1.29 is 9.90 Å². The molecule has 0 aromatic rings. The van der Waals surface area contributed by atoms with E-state index in [9.17, 15) is 9.90 Å². The standard InChI is InChI=1S/C23H38N2O2.ClH/c1-14(26)18-6-7-19-17-5-4-15-12-16(25-21(27)13-24)8-10-22(15,2)20(17)9-11-23(18,19)3;/h4,14,16-20,26H,5-13,24H2,1-3H3,(H,25,27);1H/t14-,16+,17-,18+,19-,20-,22-,23+;/m0./s1. The van der Waals surface area contributed by atoms with Crippen LogP contribution in [0.4, 0.5) is 0 Å². The Labute approximate surface area is 176 Å². The summed E-state index contributed by atoms with van der Waals surface area (Å²) in [5.41, 5.74) is 7.70. The summed E-state index contributed by atoms with van der Waals surface area (Å²) in [5, 5.41) is 13.5. The fraction of sp³-hybridized carbons (Fsp3) is 0.870. The first-order valence-electron chi connectivity index (χ1n) is 11.2. The van der Waals surface area contributed by atoms with Gasteiger partial charge in [0.2, 0.25) is 5.91 Å². The van der Waals surface area contributed by atoms with Crippen LogP contribution in [0.5, 0.6) is 0 Å². The van der Waals surface area contributed by atoms with E-state index < -0.39 is 0 Å². The maximum atomic E-state index is 11.7. The normalized spacial score (nSPS) is 45.6. The molecule has 0 saturated heterocycles. The summed E-state index contributed by atoms with van der Waals surface area (Å²) in [6.45, 7) is 7.06. The van der Waals surface area contributed by atoms with E-state index in [4.69, 9.17) is 5.73 Å². The second-order valence-electron chi connectivity index (χ2n) is 10.4. The van der Waals surface area contributed by atoms with Crippen molar-refractivity contribution in [1.29, 1.82) is 0 Å². The van der Waals surface area contributed by atoms with Crippen LogP contribution in [-0.2, 0) is 4.79 Å². The van der Waals surface area contributed by atoms with E-state index in [0.717, 1.165) is 30.6 Å². The molecule has 4 aliphatic carbocycles. The number of hydrogen-bond donors (Lipinski definition) is 3. The van der Waals surface area contributed by atoms with Crippen molar-refractivity contribution in [1.82, 2.24) is 5.32 Å². The van der Waals surface area contributed by atoms with Gasteiger partial charge in [-0.2, -0.15) is 0 Å². The average Bonchev–Trinajstić information content (AvgIpc) is 2.99. The van der Waals surface area contributed by atoms with E-state index in [-0.39, 0.29) is 37.0 Å². The van der Waals surface area contributed by atoms with Crippen molar-refractivity contribution in [3.05, 3.63) is 11.6 Å². The first kappa shape index (κ1) is 22.1. The molecule has 0 heterocycles. The summed E-state index contributed by atoms with van der Waals surface area (Å²) in [6, 6.07) is 0.261. The number of nitrogens with one attached hydrogen (secondary N) is 1. The van der Waals surface area contributed by atoms with E-state index in [1.165, 1.54) is 38.5 Å². The molecular weight excluding hydrogens is 372 g/mol. The lowest BCUT2D eigenvalue weighted by molar-refractivity contribution is -0.120. The molecule has 4 nitrogen and oxygen atoms in total. The number of rotatable bonds is 3. The number of aliphatic hydroxyl groups is 1. The zero-order valence-corrected chi connectivity index (χ0v) is 18.6. The van der Waals surface area contributed by atoms with E-state index in [1.807, 2.05) is 6.92 Å². The van der Waals surface area contributed by atoms with Crippen LogP contribution in [0.25, 0.3) is 0 Å². The van der Waals surface area contributed by atoms with Gasteiger partial charge < -0.3 is 16.2 Å². The van der Waals surface area contributed by atoms with Gasteiger partial charge in [0.15, 0.2) is 0 Å². The molecule has 160 valence electrons. The van der Waals surface area contributed by atoms with E-state index in [2.05, 4.69) is 25.2 Å². The minimum absolute atomic E-state index is 0. The predicted molar refractivity (Wildman–Crippen MR) is 115 cm³/mol. The Hall–Kier alpha value is -0.580. The molecule has 3 saturated carbocycles. The van der Waals surface area contributed by atoms with Gasteiger partial charge in [-0.15, -0.1) is 12.4 Å². The fourth-order valence-electron chi connectivity index (χ4n) is 7.90. The molecule has 0 aromatic carbocycles. The van der Waals surface area contributed by atoms with Crippen LogP contribution in [0.3, 0.4) is 0 Å². The molecular formula is C23H39ClN2O2. The maximum Gasteiger partial charge on any atom is 0.233 e. The number of halogens is 1. The van der Waals surface area contributed by atoms with Crippen LogP contribution in [0.1, 0.15) is 72.1 Å². The second kappa shape index (κ2) is 7.92. The Balaban J connectivity index is 0.00000225. The van der Waals surface area contributed by atoms with Crippen LogP contribution in [-0.4, -0.2) is 29.7 Å². The first-order valence-corrected chi connectivity index (χ1v) is 11.2. The number of fused-ring (bicyclic) bond motifs is 5. The van der Waals surface area contributed by atoms with Crippen LogP contribution in [0.2, 0.25) is 0 Å². The summed E-state index contributed by atoms with van der Waals surface area (Å²) in [7, 11) is 0. The second-order valence-corrected chi connectivity index (χ2v) is 10.4. The molecule has 0 aliphatic heterocycles. The monoisotopic (exact) mass is 410 g/mol. The van der Waals surface area contributed by atoms with Crippen molar-refractivity contribution >= 4 is 18.3 Å². The molecule has 5 heteroatoms. The van der Waals surface area contributed by atoms with Gasteiger partial charge >= 0.3 is 0 Å². The fourth-order valence-corrected chi connectivity index (χ4v) is 7.90. The molecule has 4 N–H and O–H groups in total. The highest BCUT2D eigenvalue weighted by molar-refractivity contribution is 5.85. The molecule has 0 aromatic heterocycles. The third-order valence-corrected chi connectivity index (χ3v) is 9.31. The van der Waals surface area contributed by atoms with Gasteiger partial charge in [0.05, 0.1) is 12.6 Å². The molecule has 28 heavy (non-hydrogen) atoms. The van der Waals surface area contributed by atoms with Gasteiger partial charge in [0.25, 0.3) is 0 Å². The lowest BCUT2D eigenvalue weighted by atomic mass is 9.47. The maximum absolute atomic E-state index is 11.7. The van der Waals surface area contributed by atoms with Gasteiger partial charge in [-0.05, 0) is 92.8 Å². The highest BCUT2D eigenvalue weighted by Gasteiger charge is 2.59. The smallest absolute Gasteiger partial charge is 0.233 e. The molecule has 0 bridgehead atoms. The third kappa shape index (κ3) is 3.33. The van der Waals surface area contributed by atoms with Crippen LogP contribution in [0, 0.1) is 34.5 Å². The quantitative estimate of drug-likeness (QED) is 0.619. The summed E-state index contributed by atoms with van der Waals surface area (Å²) in [5.74, 6) is 2.76. The third-order valence-electron chi connectivity index (χ3n) is 9.31. The number of allylic oxidation sites excluding steroid dienone is 1. The minimum atomic E-state index is -0.177. The average molecular weight is 411 g/mol. The molecule has 0 unspecified atom stereocenters. The number of hydrogen-bond acceptors (Lipinski definition) is 3. The summed E-state index contributed by atoms with van der Waals surface area (Å²) in [6.07, 6.45) is 11.9. The molecule has 4 aliphatic rings. The van der Waals surface area contributed by atoms with Crippen LogP contribution >= 0.6 is 12.4 Å². The van der Waals surface area contributed by atoms with Gasteiger partial charge in [-0.25, -0.2) is 0 Å². The summed E-state index contributed by atoms with van der Waals surface area (Å²) >= 11 is 0. The van der Waals surface area contributed by atoms with E-state index in [0.29, 0.717) is 16.7 Å². The van der Waals surface area contributed by atoms with Gasteiger partial charge in [-0.1, -0.05) is 25.5 Å². The molecule has 1 amide bonds. The lowest BCUT2D eigenvalue weighted by Crippen LogP contribution is -2.52. The van der Waals surface area contributed by atoms with Gasteiger partial charge in [-0.3, -0.25) is 4.79 Å². The first-order chi connectivity index (χ1) is 12.8. The molecule has 8 atom stereocenters. The Bertz CT molecular complexity index is 636. The minimum Gasteiger partial charge on any atom is -0.393 e. The van der Waals surface area contributed by atoms with Crippen molar-refractivity contribution in [3.8, 4) is 0 Å². The number of nitrogens with two attached hydrogens (primary N) is 1. The van der Waals surface area contributed by atoms with Crippen molar-refractivity contribution in [3.63, 3.8) is 0 Å². The molecule has 0 radical (unpaired) electrons. The number of amides is 1. The SMILES string of the molecule is C[C@H](O)[C@H]1CC[C@H]2[C@@H]3CC=C4C[C@H](NC(=O)CN)CC[C@]4(C)[C@H]3CC[C@]12C.Cl. The summed E-state index contributed by atoms with van der Waals surface area (Å²) < 4.78 is 0. The highest BCUT2D eigenvalue weighted by atomic mass is 35.5. The zero-order valence-electron chi connectivity index (χ0n) is 17.7. The highest BCUT2D eigenvalue weighted by Crippen LogP contribution is 2.66.